The molecule has 1 unspecified atom stereocenters. The maximum absolute atomic E-state index is 12.6. The molecule has 2 N–H and O–H groups in total. The second-order valence-corrected chi connectivity index (χ2v) is 13.2. The Bertz CT molecular complexity index is 825. The summed E-state index contributed by atoms with van der Waals surface area (Å²) in [5, 5.41) is 13.2. The van der Waals surface area contributed by atoms with Crippen molar-refractivity contribution in [2.45, 2.75) is 168 Å². The van der Waals surface area contributed by atoms with E-state index in [-0.39, 0.29) is 31.5 Å². The number of carbonyl (C=O) groups is 1. The summed E-state index contributed by atoms with van der Waals surface area (Å²) in [6, 6.07) is 0. The van der Waals surface area contributed by atoms with Gasteiger partial charge in [0.05, 0.1) is 19.6 Å². The number of aliphatic hydroxyl groups is 1. The largest absolute Gasteiger partial charge is 0.465 e. The molecule has 0 spiro atoms. The van der Waals surface area contributed by atoms with Gasteiger partial charge in [-0.1, -0.05) is 108 Å². The third kappa shape index (κ3) is 35.5. The van der Waals surface area contributed by atoms with Gasteiger partial charge >= 0.3 is 5.97 Å². The summed E-state index contributed by atoms with van der Waals surface area (Å²) in [7, 11) is 0. The molecule has 0 aliphatic rings. The first-order valence-electron chi connectivity index (χ1n) is 20.1. The topological polar surface area (TPSA) is 77.0 Å². The van der Waals surface area contributed by atoms with E-state index in [1.807, 2.05) is 0 Å². The summed E-state index contributed by atoms with van der Waals surface area (Å²) in [4.78, 5) is 12.6. The number of ether oxygens (including phenoxy) is 3. The van der Waals surface area contributed by atoms with Gasteiger partial charge in [0.2, 0.25) is 0 Å². The first-order chi connectivity index (χ1) is 24.1. The molecule has 0 fully saturated rings. The van der Waals surface area contributed by atoms with Crippen LogP contribution in [0.1, 0.15) is 162 Å². The number of carbonyl (C=O) groups excluding carboxylic acids is 1. The molecule has 6 nitrogen and oxygen atoms in total. The van der Waals surface area contributed by atoms with E-state index < -0.39 is 6.29 Å². The van der Waals surface area contributed by atoms with E-state index in [0.29, 0.717) is 26.2 Å². The molecule has 6 heteroatoms. The van der Waals surface area contributed by atoms with Crippen molar-refractivity contribution in [2.24, 2.45) is 5.92 Å². The first-order valence-corrected chi connectivity index (χ1v) is 20.1. The van der Waals surface area contributed by atoms with Gasteiger partial charge < -0.3 is 24.6 Å². The van der Waals surface area contributed by atoms with Gasteiger partial charge in [0.25, 0.3) is 0 Å². The molecule has 0 aromatic carbocycles. The summed E-state index contributed by atoms with van der Waals surface area (Å²) in [6.45, 7) is 12.6. The molecule has 0 aliphatic heterocycles. The molecule has 284 valence electrons. The molecule has 0 saturated heterocycles. The molecule has 0 amide bonds. The maximum Gasteiger partial charge on any atom is 0.305 e. The van der Waals surface area contributed by atoms with E-state index >= 15 is 0 Å². The number of unbranched alkanes of at least 4 members (excludes halogenated alkanes) is 12. The summed E-state index contributed by atoms with van der Waals surface area (Å²) in [5.74, 6) is -0.453. The van der Waals surface area contributed by atoms with Gasteiger partial charge in [0, 0.05) is 37.8 Å². The van der Waals surface area contributed by atoms with E-state index in [1.165, 1.54) is 57.8 Å². The lowest BCUT2D eigenvalue weighted by molar-refractivity contribution is -0.160. The van der Waals surface area contributed by atoms with Crippen molar-refractivity contribution in [3.05, 3.63) is 60.9 Å². The molecule has 0 heterocycles. The molecule has 0 rings (SSSR count). The standard InChI is InChI=1S/C43H77NO5/c1-5-8-11-14-17-18-19-20-21-22-23-24-25-26-29-32-40(4)44-37-41(38-45)39-49-42(46)33-34-43(47-35-30-27-15-12-9-6-2)48-36-31-28-16-13-10-7-3/h9-10,12-13,17-18,20-21,41,43-45H,4-8,11,14-16,19,22-39H2,1-3H3/b12-9-,13-10-,18-17-,21-20-. The van der Waals surface area contributed by atoms with E-state index in [1.54, 1.807) is 0 Å². The Morgan fingerprint density at radius 2 is 1.20 bits per heavy atom. The zero-order chi connectivity index (χ0) is 35.9. The van der Waals surface area contributed by atoms with Gasteiger partial charge in [-0.05, 0) is 96.3 Å². The van der Waals surface area contributed by atoms with Gasteiger partial charge in [0.1, 0.15) is 0 Å². The Labute approximate surface area is 302 Å². The Balaban J connectivity index is 4.14. The first kappa shape index (κ1) is 46.9. The predicted molar refractivity (Wildman–Crippen MR) is 210 cm³/mol. The van der Waals surface area contributed by atoms with Crippen LogP contribution in [0.25, 0.3) is 0 Å². The Hall–Kier alpha value is -2.15. The van der Waals surface area contributed by atoms with E-state index in [9.17, 15) is 9.90 Å². The zero-order valence-corrected chi connectivity index (χ0v) is 32.2. The Kier molecular flexibility index (Phi) is 37.0. The highest BCUT2D eigenvalue weighted by Crippen LogP contribution is 2.13. The number of allylic oxidation sites excluding steroid dienone is 9. The normalized spacial score (nSPS) is 12.8. The van der Waals surface area contributed by atoms with E-state index in [4.69, 9.17) is 14.2 Å². The number of nitrogens with one attached hydrogen (secondary N) is 1. The van der Waals surface area contributed by atoms with Gasteiger partial charge in [0.15, 0.2) is 6.29 Å². The Morgan fingerprint density at radius 3 is 1.78 bits per heavy atom. The van der Waals surface area contributed by atoms with Crippen LogP contribution in [0.3, 0.4) is 0 Å². The second-order valence-electron chi connectivity index (χ2n) is 13.2. The van der Waals surface area contributed by atoms with E-state index in [2.05, 4.69) is 81.3 Å². The second kappa shape index (κ2) is 38.6. The van der Waals surface area contributed by atoms with Crippen molar-refractivity contribution in [1.29, 1.82) is 0 Å². The smallest absolute Gasteiger partial charge is 0.305 e. The van der Waals surface area contributed by atoms with Crippen LogP contribution in [0.2, 0.25) is 0 Å². The number of hydrogen-bond donors (Lipinski definition) is 2. The average Bonchev–Trinajstić information content (AvgIpc) is 3.11. The molecule has 0 radical (unpaired) electrons. The molecule has 0 saturated carbocycles. The summed E-state index contributed by atoms with van der Waals surface area (Å²) < 4.78 is 17.6. The predicted octanol–water partition coefficient (Wildman–Crippen LogP) is 11.5. The lowest BCUT2D eigenvalue weighted by atomic mass is 10.1. The van der Waals surface area contributed by atoms with Gasteiger partial charge in [-0.25, -0.2) is 0 Å². The van der Waals surface area contributed by atoms with Crippen molar-refractivity contribution in [1.82, 2.24) is 5.32 Å². The Morgan fingerprint density at radius 1 is 0.673 bits per heavy atom. The summed E-state index contributed by atoms with van der Waals surface area (Å²) in [5.41, 5.74) is 0.982. The highest BCUT2D eigenvalue weighted by atomic mass is 16.7. The quantitative estimate of drug-likeness (QED) is 0.0293. The van der Waals surface area contributed by atoms with Gasteiger partial charge in [-0.2, -0.15) is 0 Å². The van der Waals surface area contributed by atoms with Crippen molar-refractivity contribution >= 4 is 5.97 Å². The van der Waals surface area contributed by atoms with E-state index in [0.717, 1.165) is 76.3 Å². The average molecular weight is 688 g/mol. The van der Waals surface area contributed by atoms with Crippen molar-refractivity contribution in [3.8, 4) is 0 Å². The molecule has 0 aromatic rings. The molecule has 1 atom stereocenters. The number of hydrogen-bond acceptors (Lipinski definition) is 6. The van der Waals surface area contributed by atoms with Crippen LogP contribution in [-0.2, 0) is 19.0 Å². The van der Waals surface area contributed by atoms with Crippen LogP contribution in [-0.4, -0.2) is 50.3 Å². The lowest BCUT2D eigenvalue weighted by Gasteiger charge is -2.19. The van der Waals surface area contributed by atoms with Crippen LogP contribution in [0.5, 0.6) is 0 Å². The van der Waals surface area contributed by atoms with Gasteiger partial charge in [-0.3, -0.25) is 4.79 Å². The molecular weight excluding hydrogens is 610 g/mol. The van der Waals surface area contributed by atoms with Crippen LogP contribution in [0, 0.1) is 5.92 Å². The van der Waals surface area contributed by atoms with Crippen LogP contribution >= 0.6 is 0 Å². The molecule has 0 bridgehead atoms. The maximum atomic E-state index is 12.6. The minimum atomic E-state index is -0.405. The molecule has 0 aliphatic carbocycles. The molecule has 49 heavy (non-hydrogen) atoms. The monoisotopic (exact) mass is 688 g/mol. The summed E-state index contributed by atoms with van der Waals surface area (Å²) >= 11 is 0. The van der Waals surface area contributed by atoms with Crippen LogP contribution < -0.4 is 5.32 Å². The summed E-state index contributed by atoms with van der Waals surface area (Å²) in [6.07, 6.45) is 41.1. The highest BCUT2D eigenvalue weighted by Gasteiger charge is 2.16. The molecular formula is C43H77NO5. The fourth-order valence-corrected chi connectivity index (χ4v) is 5.16. The fraction of sp³-hybridized carbons (Fsp3) is 0.744. The minimum absolute atomic E-state index is 0.0486. The zero-order valence-electron chi connectivity index (χ0n) is 32.2. The fourth-order valence-electron chi connectivity index (χ4n) is 5.16. The van der Waals surface area contributed by atoms with Crippen LogP contribution in [0.4, 0.5) is 0 Å². The van der Waals surface area contributed by atoms with Crippen molar-refractivity contribution < 1.29 is 24.1 Å². The third-order valence-corrected chi connectivity index (χ3v) is 8.33. The van der Waals surface area contributed by atoms with Crippen molar-refractivity contribution in [2.75, 3.05) is 33.0 Å². The molecule has 0 aromatic heterocycles. The van der Waals surface area contributed by atoms with Crippen LogP contribution in [0.15, 0.2) is 60.9 Å². The lowest BCUT2D eigenvalue weighted by Crippen LogP contribution is -2.29. The SMILES string of the molecule is C=C(CCCCCCC/C=C\C/C=C\CCCCC)NCC(CO)COC(=O)CCC(OCCCC/C=C\CC)OCCCC/C=C\CC. The number of esters is 1. The van der Waals surface area contributed by atoms with Crippen molar-refractivity contribution in [3.63, 3.8) is 0 Å². The van der Waals surface area contributed by atoms with Gasteiger partial charge in [-0.15, -0.1) is 0 Å². The number of aliphatic hydroxyl groups excluding tert-OH is 1. The highest BCUT2D eigenvalue weighted by molar-refractivity contribution is 5.69. The third-order valence-electron chi connectivity index (χ3n) is 8.33. The number of rotatable bonds is 37. The minimum Gasteiger partial charge on any atom is -0.465 e.